The molecule has 0 saturated carbocycles. The molecule has 1 saturated heterocycles. The lowest BCUT2D eigenvalue weighted by molar-refractivity contribution is -0.132. The van der Waals surface area contributed by atoms with Crippen LogP contribution in [0.2, 0.25) is 0 Å². The first-order valence-electron chi connectivity index (χ1n) is 8.86. The molecule has 0 spiro atoms. The molecule has 0 aliphatic carbocycles. The fraction of sp³-hybridized carbons (Fsp3) is 0.579. The third kappa shape index (κ3) is 4.35. The monoisotopic (exact) mass is 331 g/mol. The largest absolute Gasteiger partial charge is 0.354 e. The van der Waals surface area contributed by atoms with E-state index in [9.17, 15) is 9.59 Å². The summed E-state index contributed by atoms with van der Waals surface area (Å²) in [5.74, 6) is -0.360. The number of carbonyl (C=O) groups excluding carboxylic acids is 2. The van der Waals surface area contributed by atoms with E-state index < -0.39 is 5.92 Å². The molecule has 2 atom stereocenters. The lowest BCUT2D eigenvalue weighted by Crippen LogP contribution is -2.43. The number of carbonyl (C=O) groups is 2. The van der Waals surface area contributed by atoms with Crippen LogP contribution in [0, 0.1) is 5.92 Å². The predicted octanol–water partition coefficient (Wildman–Crippen LogP) is 2.28. The van der Waals surface area contributed by atoms with Gasteiger partial charge in [-0.2, -0.15) is 0 Å². The van der Waals surface area contributed by atoms with Crippen LogP contribution in [0.15, 0.2) is 24.3 Å². The van der Waals surface area contributed by atoms with Crippen LogP contribution in [0.5, 0.6) is 0 Å². The smallest absolute Gasteiger partial charge is 0.239 e. The van der Waals surface area contributed by atoms with Crippen molar-refractivity contribution in [1.29, 1.82) is 0 Å². The van der Waals surface area contributed by atoms with E-state index in [1.807, 2.05) is 26.0 Å². The Bertz CT molecular complexity index is 568. The zero-order chi connectivity index (χ0) is 17.7. The summed E-state index contributed by atoms with van der Waals surface area (Å²) >= 11 is 0. The molecule has 1 aliphatic rings. The van der Waals surface area contributed by atoms with Gasteiger partial charge in [-0.3, -0.25) is 9.59 Å². The molecule has 0 aromatic heterocycles. The molecule has 0 bridgehead atoms. The average molecular weight is 331 g/mol. The van der Waals surface area contributed by atoms with E-state index in [-0.39, 0.29) is 17.9 Å². The zero-order valence-electron chi connectivity index (χ0n) is 15.1. The van der Waals surface area contributed by atoms with Gasteiger partial charge in [-0.15, -0.1) is 0 Å². The molecule has 1 aromatic carbocycles. The van der Waals surface area contributed by atoms with Crippen LogP contribution < -0.4 is 15.5 Å². The van der Waals surface area contributed by atoms with Crippen molar-refractivity contribution in [3.8, 4) is 0 Å². The van der Waals surface area contributed by atoms with Crippen molar-refractivity contribution < 1.29 is 9.59 Å². The van der Waals surface area contributed by atoms with Crippen molar-refractivity contribution in [3.63, 3.8) is 0 Å². The lowest BCUT2D eigenvalue weighted by Gasteiger charge is -2.18. The first-order chi connectivity index (χ1) is 11.4. The molecule has 1 fully saturated rings. The van der Waals surface area contributed by atoms with Gasteiger partial charge < -0.3 is 15.5 Å². The maximum Gasteiger partial charge on any atom is 0.239 e. The highest BCUT2D eigenvalue weighted by molar-refractivity contribution is 6.09. The highest BCUT2D eigenvalue weighted by Crippen LogP contribution is 2.27. The van der Waals surface area contributed by atoms with Gasteiger partial charge in [-0.25, -0.2) is 0 Å². The summed E-state index contributed by atoms with van der Waals surface area (Å²) < 4.78 is 0. The van der Waals surface area contributed by atoms with Gasteiger partial charge in [0, 0.05) is 24.8 Å². The summed E-state index contributed by atoms with van der Waals surface area (Å²) in [5.41, 5.74) is 2.12. The fourth-order valence-electron chi connectivity index (χ4n) is 3.02. The van der Waals surface area contributed by atoms with Gasteiger partial charge in [-0.05, 0) is 43.5 Å². The first kappa shape index (κ1) is 18.5. The number of anilines is 1. The first-order valence-corrected chi connectivity index (χ1v) is 8.86. The number of rotatable bonds is 7. The molecule has 1 heterocycles. The number of nitrogens with one attached hydrogen (secondary N) is 2. The van der Waals surface area contributed by atoms with Crippen molar-refractivity contribution >= 4 is 17.5 Å². The van der Waals surface area contributed by atoms with E-state index in [4.69, 9.17) is 0 Å². The molecule has 0 radical (unpaired) electrons. The van der Waals surface area contributed by atoms with Gasteiger partial charge in [0.15, 0.2) is 0 Å². The third-order valence-electron chi connectivity index (χ3n) is 4.53. The van der Waals surface area contributed by atoms with Crippen molar-refractivity contribution in [2.24, 2.45) is 5.92 Å². The summed E-state index contributed by atoms with van der Waals surface area (Å²) in [6.45, 7) is 10.3. The highest BCUT2D eigenvalue weighted by atomic mass is 16.2. The minimum atomic E-state index is -0.566. The Kier molecular flexibility index (Phi) is 6.37. The number of benzene rings is 1. The van der Waals surface area contributed by atoms with E-state index in [1.165, 1.54) is 5.56 Å². The summed E-state index contributed by atoms with van der Waals surface area (Å²) in [6.07, 6.45) is 0.576. The van der Waals surface area contributed by atoms with E-state index >= 15 is 0 Å². The second-order valence-electron chi connectivity index (χ2n) is 6.78. The predicted molar refractivity (Wildman–Crippen MR) is 97.1 cm³/mol. The quantitative estimate of drug-likeness (QED) is 0.754. The summed E-state index contributed by atoms with van der Waals surface area (Å²) in [6, 6.07) is 8.26. The number of nitrogens with zero attached hydrogens (tertiary/aromatic N) is 1. The summed E-state index contributed by atoms with van der Waals surface area (Å²) in [4.78, 5) is 26.6. The molecule has 2 rings (SSSR count). The van der Waals surface area contributed by atoms with Crippen molar-refractivity contribution in [1.82, 2.24) is 10.6 Å². The highest BCUT2D eigenvalue weighted by Gasteiger charge is 2.37. The Morgan fingerprint density at radius 2 is 1.92 bits per heavy atom. The van der Waals surface area contributed by atoms with Crippen LogP contribution in [-0.4, -0.2) is 37.5 Å². The second-order valence-corrected chi connectivity index (χ2v) is 6.78. The van der Waals surface area contributed by atoms with Crippen molar-refractivity contribution in [3.05, 3.63) is 29.8 Å². The fourth-order valence-corrected chi connectivity index (χ4v) is 3.02. The van der Waals surface area contributed by atoms with E-state index in [1.54, 1.807) is 4.90 Å². The number of amides is 2. The standard InChI is InChI=1S/C19H29N3O2/c1-5-20-14(4)12-21-18(23)17-10-11-22(19(17)24)16-8-6-15(7-9-16)13(2)3/h6-9,13-14,17,20H,5,10-12H2,1-4H3,(H,21,23)/t14-,17?/m1/s1. The van der Waals surface area contributed by atoms with Crippen LogP contribution >= 0.6 is 0 Å². The minimum absolute atomic E-state index is 0.0964. The topological polar surface area (TPSA) is 61.4 Å². The van der Waals surface area contributed by atoms with Gasteiger partial charge in [0.25, 0.3) is 0 Å². The van der Waals surface area contributed by atoms with Gasteiger partial charge in [0.05, 0.1) is 0 Å². The van der Waals surface area contributed by atoms with Gasteiger partial charge >= 0.3 is 0 Å². The molecule has 24 heavy (non-hydrogen) atoms. The Hall–Kier alpha value is -1.88. The Balaban J connectivity index is 1.95. The van der Waals surface area contributed by atoms with Gasteiger partial charge in [0.2, 0.25) is 11.8 Å². The number of likely N-dealkylation sites (N-methyl/N-ethyl adjacent to an activating group) is 1. The molecule has 5 heteroatoms. The van der Waals surface area contributed by atoms with E-state index in [0.717, 1.165) is 12.2 Å². The van der Waals surface area contributed by atoms with Gasteiger partial charge in [0.1, 0.15) is 5.92 Å². The average Bonchev–Trinajstić information content (AvgIpc) is 2.94. The van der Waals surface area contributed by atoms with Crippen LogP contribution in [-0.2, 0) is 9.59 Å². The Morgan fingerprint density at radius 3 is 2.50 bits per heavy atom. The van der Waals surface area contributed by atoms with Crippen LogP contribution in [0.3, 0.4) is 0 Å². The normalized spacial score (nSPS) is 19.0. The lowest BCUT2D eigenvalue weighted by atomic mass is 10.0. The minimum Gasteiger partial charge on any atom is -0.354 e. The van der Waals surface area contributed by atoms with Crippen LogP contribution in [0.1, 0.15) is 45.6 Å². The molecule has 2 N–H and O–H groups in total. The van der Waals surface area contributed by atoms with Crippen LogP contribution in [0.25, 0.3) is 0 Å². The molecule has 2 amide bonds. The van der Waals surface area contributed by atoms with E-state index in [2.05, 4.69) is 36.6 Å². The molecule has 1 unspecified atom stereocenters. The molecule has 1 aromatic rings. The molecule has 132 valence electrons. The second kappa shape index (κ2) is 8.29. The number of hydrogen-bond acceptors (Lipinski definition) is 3. The van der Waals surface area contributed by atoms with Crippen molar-refractivity contribution in [2.75, 3.05) is 24.5 Å². The molecule has 1 aliphatic heterocycles. The summed E-state index contributed by atoms with van der Waals surface area (Å²) in [5, 5.41) is 6.13. The Labute approximate surface area is 144 Å². The molecular formula is C19H29N3O2. The van der Waals surface area contributed by atoms with Gasteiger partial charge in [-0.1, -0.05) is 32.9 Å². The SMILES string of the molecule is CCN[C@H](C)CNC(=O)C1CCN(c2ccc(C(C)C)cc2)C1=O. The maximum atomic E-state index is 12.6. The molecule has 5 nitrogen and oxygen atoms in total. The van der Waals surface area contributed by atoms with E-state index in [0.29, 0.717) is 25.4 Å². The van der Waals surface area contributed by atoms with Crippen LogP contribution in [0.4, 0.5) is 5.69 Å². The molecular weight excluding hydrogens is 302 g/mol. The zero-order valence-corrected chi connectivity index (χ0v) is 15.1. The van der Waals surface area contributed by atoms with Crippen molar-refractivity contribution in [2.45, 2.75) is 46.1 Å². The Morgan fingerprint density at radius 1 is 1.25 bits per heavy atom. The number of hydrogen-bond donors (Lipinski definition) is 2. The summed E-state index contributed by atoms with van der Waals surface area (Å²) in [7, 11) is 0. The maximum absolute atomic E-state index is 12.6. The third-order valence-corrected chi connectivity index (χ3v) is 4.53.